The largest absolute Gasteiger partial charge is 0.307 e. The zero-order valence-corrected chi connectivity index (χ0v) is 34.1. The van der Waals surface area contributed by atoms with Gasteiger partial charge in [0.15, 0.2) is 5.82 Å². The molecule has 0 saturated carbocycles. The Morgan fingerprint density at radius 3 is 1.35 bits per heavy atom. The van der Waals surface area contributed by atoms with E-state index >= 15 is 0 Å². The predicted molar refractivity (Wildman–Crippen MR) is 259 cm³/mol. The Kier molecular flexibility index (Phi) is 8.39. The van der Waals surface area contributed by atoms with Crippen molar-refractivity contribution in [2.45, 2.75) is 6.92 Å². The molecule has 3 heterocycles. The van der Waals surface area contributed by atoms with Crippen LogP contribution in [0.3, 0.4) is 0 Å². The molecule has 0 spiro atoms. The Bertz CT molecular complexity index is 3580. The molecule has 0 fully saturated rings. The fourth-order valence-corrected chi connectivity index (χ4v) is 9.41. The maximum Gasteiger partial charge on any atom is 0.160 e. The maximum atomic E-state index is 5.10. The molecule has 3 nitrogen and oxygen atoms in total. The first-order valence-corrected chi connectivity index (χ1v) is 21.2. The van der Waals surface area contributed by atoms with Gasteiger partial charge in [0, 0.05) is 43.8 Å². The second kappa shape index (κ2) is 14.5. The van der Waals surface area contributed by atoms with Crippen molar-refractivity contribution in [3.63, 3.8) is 0 Å². The van der Waals surface area contributed by atoms with Gasteiger partial charge in [0.25, 0.3) is 0 Å². The molecule has 0 aliphatic heterocycles. The highest BCUT2D eigenvalue weighted by molar-refractivity contribution is 6.25. The number of para-hydroxylation sites is 2. The quantitative estimate of drug-likeness (QED) is 0.161. The monoisotopic (exact) mass is 789 g/mol. The van der Waals surface area contributed by atoms with Crippen LogP contribution >= 0.6 is 0 Å². The minimum absolute atomic E-state index is 0.712. The zero-order chi connectivity index (χ0) is 41.1. The summed E-state index contributed by atoms with van der Waals surface area (Å²) in [6.07, 6.45) is 0. The van der Waals surface area contributed by atoms with Crippen molar-refractivity contribution in [3.8, 4) is 78.4 Å². The highest BCUT2D eigenvalue weighted by atomic mass is 14.9. The molecule has 0 N–H and O–H groups in total. The molecule has 3 aromatic heterocycles. The van der Waals surface area contributed by atoms with Crippen molar-refractivity contribution in [2.75, 3.05) is 0 Å². The Labute approximate surface area is 360 Å². The molecular weight excluding hydrogens is 751 g/mol. The number of hydrogen-bond acceptors (Lipinski definition) is 2. The van der Waals surface area contributed by atoms with Crippen molar-refractivity contribution in [3.05, 3.63) is 224 Å². The normalized spacial score (nSPS) is 11.6. The number of aromatic nitrogens is 3. The highest BCUT2D eigenvalue weighted by Gasteiger charge is 2.20. The van der Waals surface area contributed by atoms with Crippen molar-refractivity contribution in [1.29, 1.82) is 0 Å². The summed E-state index contributed by atoms with van der Waals surface area (Å²) >= 11 is 0. The summed E-state index contributed by atoms with van der Waals surface area (Å²) in [5, 5.41) is 5.20. The smallest absolute Gasteiger partial charge is 0.160 e. The first-order valence-electron chi connectivity index (χ1n) is 21.2. The molecule has 3 heteroatoms. The third-order valence-electron chi connectivity index (χ3n) is 12.4. The van der Waals surface area contributed by atoms with Crippen LogP contribution in [-0.2, 0) is 0 Å². The molecular formula is C59H39N3. The number of aryl methyl sites for hydroxylation is 1. The third kappa shape index (κ3) is 6.05. The average Bonchev–Trinajstić information content (AvgIpc) is 3.87. The first-order chi connectivity index (χ1) is 30.6. The lowest BCUT2D eigenvalue weighted by Crippen LogP contribution is -1.96. The van der Waals surface area contributed by atoms with Gasteiger partial charge in [0.1, 0.15) is 0 Å². The van der Waals surface area contributed by atoms with Gasteiger partial charge in [-0.05, 0) is 87.8 Å². The van der Waals surface area contributed by atoms with E-state index in [1.807, 2.05) is 24.3 Å². The van der Waals surface area contributed by atoms with Crippen LogP contribution in [0.2, 0.25) is 0 Å². The lowest BCUT2D eigenvalue weighted by atomic mass is 9.94. The molecule has 0 aliphatic rings. The van der Waals surface area contributed by atoms with Gasteiger partial charge in [0.05, 0.1) is 27.9 Å². The van der Waals surface area contributed by atoms with Crippen LogP contribution in [0.25, 0.3) is 117 Å². The number of nitrogens with zero attached hydrogens (tertiary/aromatic N) is 3. The number of benzene rings is 9. The van der Waals surface area contributed by atoms with Gasteiger partial charge in [-0.25, -0.2) is 9.97 Å². The number of hydrogen-bond donors (Lipinski definition) is 0. The Hall–Kier alpha value is -8.14. The average molecular weight is 790 g/mol. The van der Waals surface area contributed by atoms with Gasteiger partial charge < -0.3 is 4.40 Å². The van der Waals surface area contributed by atoms with Crippen molar-refractivity contribution < 1.29 is 0 Å². The Balaban J connectivity index is 0.904. The van der Waals surface area contributed by atoms with E-state index in [2.05, 4.69) is 205 Å². The van der Waals surface area contributed by atoms with Gasteiger partial charge in [-0.1, -0.05) is 182 Å². The molecule has 0 saturated heterocycles. The van der Waals surface area contributed by atoms with E-state index in [0.717, 1.165) is 39.2 Å². The van der Waals surface area contributed by atoms with E-state index in [1.165, 1.54) is 77.0 Å². The number of fused-ring (bicyclic) bond motifs is 6. The molecule has 0 unspecified atom stereocenters. The molecule has 12 aromatic rings. The fraction of sp³-hybridized carbons (Fsp3) is 0.0169. The fourth-order valence-electron chi connectivity index (χ4n) is 9.41. The second-order valence-electron chi connectivity index (χ2n) is 16.3. The lowest BCUT2D eigenvalue weighted by molar-refractivity contribution is 1.18. The van der Waals surface area contributed by atoms with E-state index in [0.29, 0.717) is 5.82 Å². The van der Waals surface area contributed by atoms with Gasteiger partial charge in [-0.2, -0.15) is 0 Å². The van der Waals surface area contributed by atoms with Crippen molar-refractivity contribution in [1.82, 2.24) is 14.4 Å². The molecule has 0 atom stereocenters. The summed E-state index contributed by atoms with van der Waals surface area (Å²) in [5.74, 6) is 0.712. The predicted octanol–water partition coefficient (Wildman–Crippen LogP) is 15.6. The van der Waals surface area contributed by atoms with Crippen LogP contribution < -0.4 is 0 Å². The molecule has 290 valence electrons. The summed E-state index contributed by atoms with van der Waals surface area (Å²) < 4.78 is 2.51. The third-order valence-corrected chi connectivity index (χ3v) is 12.4. The molecule has 9 aromatic carbocycles. The lowest BCUT2D eigenvalue weighted by Gasteiger charge is -2.12. The molecule has 0 aliphatic carbocycles. The highest BCUT2D eigenvalue weighted by Crippen LogP contribution is 2.43. The van der Waals surface area contributed by atoms with Crippen LogP contribution in [0.15, 0.2) is 218 Å². The van der Waals surface area contributed by atoms with Gasteiger partial charge in [-0.3, -0.25) is 0 Å². The Morgan fingerprint density at radius 1 is 0.306 bits per heavy atom. The SMILES string of the molecule is Cc1ccc2c3cccc4c5cccc(-c6cccc(-c7cccc(-c8cccc(-c9cccc(-c%10cc(-c%11ccccc%11)nc(-c%11ccccc%11)n%10)c9)c8)c7)c6)c5n(c2c1)c34. The summed E-state index contributed by atoms with van der Waals surface area (Å²) in [6.45, 7) is 2.18. The summed E-state index contributed by atoms with van der Waals surface area (Å²) in [4.78, 5) is 10.1. The van der Waals surface area contributed by atoms with E-state index in [4.69, 9.17) is 9.97 Å². The minimum Gasteiger partial charge on any atom is -0.307 e. The van der Waals surface area contributed by atoms with Crippen molar-refractivity contribution in [2.24, 2.45) is 0 Å². The topological polar surface area (TPSA) is 30.2 Å². The molecule has 62 heavy (non-hydrogen) atoms. The van der Waals surface area contributed by atoms with E-state index in [-0.39, 0.29) is 0 Å². The molecule has 0 bridgehead atoms. The van der Waals surface area contributed by atoms with Crippen LogP contribution in [0.4, 0.5) is 0 Å². The van der Waals surface area contributed by atoms with Crippen LogP contribution in [0.5, 0.6) is 0 Å². The van der Waals surface area contributed by atoms with E-state index in [1.54, 1.807) is 0 Å². The van der Waals surface area contributed by atoms with Gasteiger partial charge >= 0.3 is 0 Å². The van der Waals surface area contributed by atoms with Gasteiger partial charge in [-0.15, -0.1) is 0 Å². The van der Waals surface area contributed by atoms with Crippen LogP contribution in [-0.4, -0.2) is 14.4 Å². The van der Waals surface area contributed by atoms with Crippen LogP contribution in [0.1, 0.15) is 5.56 Å². The number of rotatable bonds is 7. The zero-order valence-electron chi connectivity index (χ0n) is 34.1. The standard InChI is InChI=1S/C59H39N3/c1-38-30-31-50-51-27-13-29-53-52-28-12-26-49(57(52)62(58(51)53)56(50)32-38)47-24-10-22-45(35-47)43-20-8-18-41(33-43)42-19-9-21-44(34-42)46-23-11-25-48(36-46)55-37-54(39-14-4-2-5-15-39)60-59(61-55)40-16-6-3-7-17-40/h2-37H,1H3. The second-order valence-corrected chi connectivity index (χ2v) is 16.3. The molecule has 0 amide bonds. The van der Waals surface area contributed by atoms with E-state index in [9.17, 15) is 0 Å². The van der Waals surface area contributed by atoms with Crippen molar-refractivity contribution >= 4 is 38.1 Å². The van der Waals surface area contributed by atoms with E-state index < -0.39 is 0 Å². The van der Waals surface area contributed by atoms with Crippen LogP contribution in [0, 0.1) is 6.92 Å². The maximum absolute atomic E-state index is 5.10. The minimum atomic E-state index is 0.712. The van der Waals surface area contributed by atoms with Gasteiger partial charge in [0.2, 0.25) is 0 Å². The molecule has 12 rings (SSSR count). The Morgan fingerprint density at radius 2 is 0.742 bits per heavy atom. The summed E-state index contributed by atoms with van der Waals surface area (Å²) in [5.41, 5.74) is 19.4. The first kappa shape index (κ1) is 35.8. The summed E-state index contributed by atoms with van der Waals surface area (Å²) in [6, 6.07) is 78.5. The molecule has 0 radical (unpaired) electrons. The summed E-state index contributed by atoms with van der Waals surface area (Å²) in [7, 11) is 0.